The van der Waals surface area contributed by atoms with Crippen molar-refractivity contribution in [3.63, 3.8) is 0 Å². The molecule has 1 N–H and O–H groups in total. The second-order valence-corrected chi connectivity index (χ2v) is 8.51. The van der Waals surface area contributed by atoms with E-state index in [9.17, 15) is 9.90 Å². The molecule has 1 saturated carbocycles. The maximum absolute atomic E-state index is 13.3. The lowest BCUT2D eigenvalue weighted by atomic mass is 10.00. The number of likely N-dealkylation sites (N-methyl/N-ethyl adjacent to an activating group) is 1. The van der Waals surface area contributed by atoms with Gasteiger partial charge < -0.3 is 19.6 Å². The monoisotopic (exact) mass is 399 g/mol. The molecule has 1 aliphatic carbocycles. The van der Waals surface area contributed by atoms with Crippen LogP contribution in [-0.2, 0) is 0 Å². The molecule has 2 heterocycles. The lowest BCUT2D eigenvalue weighted by molar-refractivity contribution is 0.0331. The van der Waals surface area contributed by atoms with Crippen LogP contribution in [0.15, 0.2) is 12.3 Å². The van der Waals surface area contributed by atoms with Crippen LogP contribution in [0.2, 0.25) is 0 Å². The standard InChI is InChI=1S/C23H33N3O3/c1-5-10-25(4)14-21-16(2)13-26(17(3)15-27)23(28)20-11-19(9-8-18-6-7-18)12-24-22(20)29-21/h11-12,16-18,21,27H,5-7,10,13-15H2,1-4H3/t16-,17-,21-/m1/s1. The molecule has 158 valence electrons. The fraction of sp³-hybridized carbons (Fsp3) is 0.652. The summed E-state index contributed by atoms with van der Waals surface area (Å²) in [6.45, 7) is 8.31. The fourth-order valence-corrected chi connectivity index (χ4v) is 3.58. The first kappa shape index (κ1) is 21.6. The molecule has 0 aromatic carbocycles. The van der Waals surface area contributed by atoms with Gasteiger partial charge in [-0.3, -0.25) is 4.79 Å². The highest BCUT2D eigenvalue weighted by molar-refractivity contribution is 5.97. The van der Waals surface area contributed by atoms with Crippen LogP contribution in [0, 0.1) is 23.7 Å². The van der Waals surface area contributed by atoms with Gasteiger partial charge >= 0.3 is 0 Å². The number of ether oxygens (including phenoxy) is 1. The molecule has 1 aromatic rings. The summed E-state index contributed by atoms with van der Waals surface area (Å²) in [5.74, 6) is 7.16. The van der Waals surface area contributed by atoms with Crippen molar-refractivity contribution in [1.82, 2.24) is 14.8 Å². The minimum absolute atomic E-state index is 0.0797. The first-order valence-corrected chi connectivity index (χ1v) is 10.7. The molecule has 0 unspecified atom stereocenters. The fourth-order valence-electron chi connectivity index (χ4n) is 3.58. The van der Waals surface area contributed by atoms with Crippen LogP contribution in [0.4, 0.5) is 0 Å². The first-order chi connectivity index (χ1) is 13.9. The number of carbonyl (C=O) groups is 1. The average Bonchev–Trinajstić information content (AvgIpc) is 3.53. The van der Waals surface area contributed by atoms with E-state index in [1.807, 2.05) is 6.92 Å². The van der Waals surface area contributed by atoms with Gasteiger partial charge in [0, 0.05) is 36.7 Å². The quantitative estimate of drug-likeness (QED) is 0.744. The smallest absolute Gasteiger partial charge is 0.259 e. The topological polar surface area (TPSA) is 65.9 Å². The van der Waals surface area contributed by atoms with E-state index >= 15 is 0 Å². The number of amides is 1. The number of pyridine rings is 1. The lowest BCUT2D eigenvalue weighted by Gasteiger charge is -2.37. The van der Waals surface area contributed by atoms with E-state index < -0.39 is 0 Å². The van der Waals surface area contributed by atoms with Crippen molar-refractivity contribution in [2.24, 2.45) is 11.8 Å². The molecule has 6 heteroatoms. The maximum atomic E-state index is 13.3. The lowest BCUT2D eigenvalue weighted by Crippen LogP contribution is -2.50. The zero-order valence-electron chi connectivity index (χ0n) is 18.0. The average molecular weight is 400 g/mol. The van der Waals surface area contributed by atoms with Gasteiger partial charge in [0.15, 0.2) is 0 Å². The summed E-state index contributed by atoms with van der Waals surface area (Å²) in [5, 5.41) is 9.72. The molecule has 1 aromatic heterocycles. The molecule has 0 bridgehead atoms. The largest absolute Gasteiger partial charge is 0.472 e. The van der Waals surface area contributed by atoms with Crippen molar-refractivity contribution in [3.8, 4) is 17.7 Å². The van der Waals surface area contributed by atoms with E-state index in [0.29, 0.717) is 23.9 Å². The predicted molar refractivity (Wildman–Crippen MR) is 113 cm³/mol. The van der Waals surface area contributed by atoms with E-state index in [2.05, 4.69) is 42.6 Å². The zero-order chi connectivity index (χ0) is 21.0. The van der Waals surface area contributed by atoms with Crippen molar-refractivity contribution in [2.75, 3.05) is 33.3 Å². The Bertz CT molecular complexity index is 781. The van der Waals surface area contributed by atoms with E-state index in [1.54, 1.807) is 17.2 Å². The van der Waals surface area contributed by atoms with Crippen molar-refractivity contribution in [1.29, 1.82) is 0 Å². The third-order valence-corrected chi connectivity index (χ3v) is 5.62. The van der Waals surface area contributed by atoms with Gasteiger partial charge in [-0.2, -0.15) is 0 Å². The summed E-state index contributed by atoms with van der Waals surface area (Å²) in [7, 11) is 2.09. The van der Waals surface area contributed by atoms with Crippen molar-refractivity contribution in [3.05, 3.63) is 23.4 Å². The zero-order valence-corrected chi connectivity index (χ0v) is 18.0. The third-order valence-electron chi connectivity index (χ3n) is 5.62. The van der Waals surface area contributed by atoms with Gasteiger partial charge in [-0.25, -0.2) is 4.98 Å². The second kappa shape index (κ2) is 9.60. The van der Waals surface area contributed by atoms with Gasteiger partial charge in [-0.05, 0) is 45.8 Å². The van der Waals surface area contributed by atoms with E-state index in [0.717, 1.165) is 37.9 Å². The Morgan fingerprint density at radius 1 is 1.45 bits per heavy atom. The molecule has 3 rings (SSSR count). The van der Waals surface area contributed by atoms with Gasteiger partial charge in [-0.15, -0.1) is 0 Å². The number of fused-ring (bicyclic) bond motifs is 1. The number of hydrogen-bond donors (Lipinski definition) is 1. The normalized spacial score (nSPS) is 22.8. The van der Waals surface area contributed by atoms with E-state index in [-0.39, 0.29) is 30.6 Å². The molecule has 1 fully saturated rings. The number of aliphatic hydroxyl groups is 1. The summed E-state index contributed by atoms with van der Waals surface area (Å²) in [5.41, 5.74) is 1.17. The summed E-state index contributed by atoms with van der Waals surface area (Å²) in [6, 6.07) is 1.52. The highest BCUT2D eigenvalue weighted by atomic mass is 16.5. The number of nitrogens with zero attached hydrogens (tertiary/aromatic N) is 3. The number of rotatable bonds is 6. The number of hydrogen-bond acceptors (Lipinski definition) is 5. The Hall–Kier alpha value is -2.10. The molecular formula is C23H33N3O3. The molecular weight excluding hydrogens is 366 g/mol. The SMILES string of the molecule is CCCN(C)C[C@H]1Oc2ncc(C#CC3CC3)cc2C(=O)N([C@H](C)CO)C[C@H]1C. The van der Waals surface area contributed by atoms with Crippen LogP contribution >= 0.6 is 0 Å². The maximum Gasteiger partial charge on any atom is 0.259 e. The van der Waals surface area contributed by atoms with Crippen LogP contribution < -0.4 is 4.74 Å². The Balaban J connectivity index is 1.94. The van der Waals surface area contributed by atoms with Gasteiger partial charge in [-0.1, -0.05) is 25.7 Å². The van der Waals surface area contributed by atoms with E-state index in [4.69, 9.17) is 4.74 Å². The highest BCUT2D eigenvalue weighted by Crippen LogP contribution is 2.29. The van der Waals surface area contributed by atoms with E-state index in [1.165, 1.54) is 0 Å². The predicted octanol–water partition coefficient (Wildman–Crippen LogP) is 2.41. The molecule has 0 radical (unpaired) electrons. The molecule has 0 spiro atoms. The van der Waals surface area contributed by atoms with Crippen LogP contribution in [0.25, 0.3) is 0 Å². The Morgan fingerprint density at radius 3 is 2.86 bits per heavy atom. The summed E-state index contributed by atoms with van der Waals surface area (Å²) >= 11 is 0. The molecule has 29 heavy (non-hydrogen) atoms. The van der Waals surface area contributed by atoms with Gasteiger partial charge in [0.2, 0.25) is 5.88 Å². The minimum atomic E-state index is -0.272. The number of carbonyl (C=O) groups excluding carboxylic acids is 1. The number of aromatic nitrogens is 1. The van der Waals surface area contributed by atoms with Gasteiger partial charge in [0.1, 0.15) is 11.7 Å². The van der Waals surface area contributed by atoms with Crippen molar-refractivity contribution in [2.45, 2.75) is 52.2 Å². The Morgan fingerprint density at radius 2 is 2.21 bits per heavy atom. The molecule has 1 aliphatic heterocycles. The third kappa shape index (κ3) is 5.49. The summed E-state index contributed by atoms with van der Waals surface area (Å²) < 4.78 is 6.28. The summed E-state index contributed by atoms with van der Waals surface area (Å²) in [6.07, 6.45) is 4.98. The molecule has 3 atom stereocenters. The first-order valence-electron chi connectivity index (χ1n) is 10.7. The second-order valence-electron chi connectivity index (χ2n) is 8.51. The molecule has 2 aliphatic rings. The Labute approximate surface area is 174 Å². The number of aliphatic hydroxyl groups excluding tert-OH is 1. The van der Waals surface area contributed by atoms with Gasteiger partial charge in [0.05, 0.1) is 12.6 Å². The van der Waals surface area contributed by atoms with Crippen LogP contribution in [0.3, 0.4) is 0 Å². The molecule has 0 saturated heterocycles. The molecule has 1 amide bonds. The Kier molecular flexibility index (Phi) is 7.15. The van der Waals surface area contributed by atoms with Crippen molar-refractivity contribution >= 4 is 5.91 Å². The van der Waals surface area contributed by atoms with Crippen LogP contribution in [0.5, 0.6) is 5.88 Å². The molecule has 6 nitrogen and oxygen atoms in total. The van der Waals surface area contributed by atoms with Gasteiger partial charge in [0.25, 0.3) is 5.91 Å². The van der Waals surface area contributed by atoms with Crippen LogP contribution in [-0.4, -0.2) is 71.2 Å². The summed E-state index contributed by atoms with van der Waals surface area (Å²) in [4.78, 5) is 21.8. The van der Waals surface area contributed by atoms with Crippen LogP contribution in [0.1, 0.15) is 56.0 Å². The highest BCUT2D eigenvalue weighted by Gasteiger charge is 2.34. The van der Waals surface area contributed by atoms with Crippen molar-refractivity contribution < 1.29 is 14.6 Å². The minimum Gasteiger partial charge on any atom is -0.472 e.